The summed E-state index contributed by atoms with van der Waals surface area (Å²) in [5.41, 5.74) is 0. The molecule has 2 N–H and O–H groups in total. The van der Waals surface area contributed by atoms with E-state index in [1.54, 1.807) is 12.3 Å². The molecule has 1 aliphatic heterocycles. The van der Waals surface area contributed by atoms with Gasteiger partial charge in [0.25, 0.3) is 0 Å². The van der Waals surface area contributed by atoms with Gasteiger partial charge in [0.1, 0.15) is 0 Å². The predicted octanol–water partition coefficient (Wildman–Crippen LogP) is 1.70. The molecule has 0 aromatic carbocycles. The molecular formula is C18H28FN5O2. The summed E-state index contributed by atoms with van der Waals surface area (Å²) in [5.74, 6) is 0.475. The SMILES string of the molecule is CCNC(=NCCC(=O)OC(C)C)NC1CCN(c2ncccc2F)C1. The monoisotopic (exact) mass is 365 g/mol. The number of aliphatic imine (C=N–C) groups is 1. The Morgan fingerprint density at radius 2 is 2.35 bits per heavy atom. The first-order chi connectivity index (χ1) is 12.5. The molecule has 1 atom stereocenters. The van der Waals surface area contributed by atoms with Crippen LogP contribution >= 0.6 is 0 Å². The Morgan fingerprint density at radius 1 is 1.54 bits per heavy atom. The minimum absolute atomic E-state index is 0.116. The van der Waals surface area contributed by atoms with Crippen molar-refractivity contribution in [2.45, 2.75) is 45.8 Å². The number of rotatable bonds is 7. The van der Waals surface area contributed by atoms with Crippen molar-refractivity contribution in [2.24, 2.45) is 4.99 Å². The third-order valence-corrected chi connectivity index (χ3v) is 3.86. The molecule has 144 valence electrons. The molecular weight excluding hydrogens is 337 g/mol. The van der Waals surface area contributed by atoms with Crippen molar-refractivity contribution in [3.8, 4) is 0 Å². The van der Waals surface area contributed by atoms with Crippen molar-refractivity contribution in [3.63, 3.8) is 0 Å². The first kappa shape index (κ1) is 19.9. The standard InChI is InChI=1S/C18H28FN5O2/c1-4-20-18(22-10-7-16(25)26-13(2)3)23-14-8-11-24(12-14)17-15(19)6-5-9-21-17/h5-6,9,13-14H,4,7-8,10-12H2,1-3H3,(H2,20,22,23). The molecule has 1 saturated heterocycles. The van der Waals surface area contributed by atoms with Crippen LogP contribution in [0.3, 0.4) is 0 Å². The Labute approximate surface area is 154 Å². The summed E-state index contributed by atoms with van der Waals surface area (Å²) in [5, 5.41) is 6.51. The lowest BCUT2D eigenvalue weighted by Gasteiger charge is -2.19. The number of ether oxygens (including phenoxy) is 1. The lowest BCUT2D eigenvalue weighted by molar-refractivity contribution is -0.147. The number of hydrogen-bond donors (Lipinski definition) is 2. The molecule has 7 nitrogen and oxygen atoms in total. The number of esters is 1. The van der Waals surface area contributed by atoms with Crippen LogP contribution in [0.15, 0.2) is 23.3 Å². The molecule has 2 heterocycles. The minimum atomic E-state index is -0.308. The zero-order chi connectivity index (χ0) is 18.9. The van der Waals surface area contributed by atoms with Gasteiger partial charge in [-0.25, -0.2) is 9.37 Å². The molecule has 8 heteroatoms. The topological polar surface area (TPSA) is 78.8 Å². The van der Waals surface area contributed by atoms with Gasteiger partial charge in [0.05, 0.1) is 19.1 Å². The number of halogens is 1. The number of guanidine groups is 1. The van der Waals surface area contributed by atoms with E-state index in [-0.39, 0.29) is 30.4 Å². The first-order valence-electron chi connectivity index (χ1n) is 9.09. The van der Waals surface area contributed by atoms with Gasteiger partial charge >= 0.3 is 5.97 Å². The largest absolute Gasteiger partial charge is 0.463 e. The smallest absolute Gasteiger partial charge is 0.307 e. The van der Waals surface area contributed by atoms with E-state index in [9.17, 15) is 9.18 Å². The maximum atomic E-state index is 13.9. The summed E-state index contributed by atoms with van der Waals surface area (Å²) in [6, 6.07) is 3.15. The molecule has 1 aliphatic rings. The first-order valence-corrected chi connectivity index (χ1v) is 9.09. The summed E-state index contributed by atoms with van der Waals surface area (Å²) in [4.78, 5) is 22.1. The Balaban J connectivity index is 1.86. The van der Waals surface area contributed by atoms with Crippen LogP contribution < -0.4 is 15.5 Å². The van der Waals surface area contributed by atoms with E-state index in [0.717, 1.165) is 13.0 Å². The van der Waals surface area contributed by atoms with Gasteiger partial charge in [0, 0.05) is 31.9 Å². The summed E-state index contributed by atoms with van der Waals surface area (Å²) < 4.78 is 19.0. The zero-order valence-electron chi connectivity index (χ0n) is 15.7. The van der Waals surface area contributed by atoms with Crippen LogP contribution in [0.1, 0.15) is 33.6 Å². The number of carbonyl (C=O) groups is 1. The van der Waals surface area contributed by atoms with Crippen molar-refractivity contribution in [2.75, 3.05) is 31.1 Å². The maximum Gasteiger partial charge on any atom is 0.307 e. The number of aromatic nitrogens is 1. The van der Waals surface area contributed by atoms with Crippen molar-refractivity contribution in [1.29, 1.82) is 0 Å². The number of anilines is 1. The van der Waals surface area contributed by atoms with Crippen LogP contribution in [-0.4, -0.2) is 55.2 Å². The van der Waals surface area contributed by atoms with Gasteiger partial charge in [0.2, 0.25) is 0 Å². The third kappa shape index (κ3) is 6.16. The maximum absolute atomic E-state index is 13.9. The second kappa shape index (κ2) is 9.94. The number of hydrogen-bond acceptors (Lipinski definition) is 5. The Hall–Kier alpha value is -2.38. The molecule has 0 spiro atoms. The van der Waals surface area contributed by atoms with Gasteiger partial charge in [0.15, 0.2) is 17.6 Å². The molecule has 26 heavy (non-hydrogen) atoms. The second-order valence-corrected chi connectivity index (χ2v) is 6.43. The van der Waals surface area contributed by atoms with E-state index in [0.29, 0.717) is 31.4 Å². The molecule has 0 aliphatic carbocycles. The summed E-state index contributed by atoms with van der Waals surface area (Å²) in [6.07, 6.45) is 2.58. The van der Waals surface area contributed by atoms with Crippen LogP contribution in [0.2, 0.25) is 0 Å². The normalized spacial score (nSPS) is 17.5. The molecule has 2 rings (SSSR count). The van der Waals surface area contributed by atoms with Gasteiger partial charge in [-0.1, -0.05) is 0 Å². The fourth-order valence-corrected chi connectivity index (χ4v) is 2.77. The Bertz CT molecular complexity index is 623. The molecule has 1 unspecified atom stereocenters. The Morgan fingerprint density at radius 3 is 3.04 bits per heavy atom. The van der Waals surface area contributed by atoms with E-state index < -0.39 is 0 Å². The van der Waals surface area contributed by atoms with Crippen molar-refractivity contribution >= 4 is 17.7 Å². The van der Waals surface area contributed by atoms with Crippen LogP contribution in [0.25, 0.3) is 0 Å². The van der Waals surface area contributed by atoms with E-state index in [1.807, 2.05) is 25.7 Å². The summed E-state index contributed by atoms with van der Waals surface area (Å²) in [6.45, 7) is 8.07. The highest BCUT2D eigenvalue weighted by molar-refractivity contribution is 5.80. The summed E-state index contributed by atoms with van der Waals surface area (Å²) in [7, 11) is 0. The van der Waals surface area contributed by atoms with E-state index in [2.05, 4.69) is 20.6 Å². The molecule has 0 amide bonds. The number of carbonyl (C=O) groups excluding carboxylic acids is 1. The van der Waals surface area contributed by atoms with Gasteiger partial charge in [-0.15, -0.1) is 0 Å². The van der Waals surface area contributed by atoms with Crippen molar-refractivity contribution in [1.82, 2.24) is 15.6 Å². The Kier molecular flexibility index (Phi) is 7.62. The second-order valence-electron chi connectivity index (χ2n) is 6.43. The van der Waals surface area contributed by atoms with Gasteiger partial charge in [-0.3, -0.25) is 9.79 Å². The highest BCUT2D eigenvalue weighted by Gasteiger charge is 2.25. The molecule has 0 radical (unpaired) electrons. The van der Waals surface area contributed by atoms with Crippen LogP contribution in [0.5, 0.6) is 0 Å². The van der Waals surface area contributed by atoms with Gasteiger partial charge in [-0.2, -0.15) is 0 Å². The van der Waals surface area contributed by atoms with Crippen molar-refractivity contribution < 1.29 is 13.9 Å². The van der Waals surface area contributed by atoms with Crippen LogP contribution in [0.4, 0.5) is 10.2 Å². The van der Waals surface area contributed by atoms with Gasteiger partial charge in [-0.05, 0) is 39.3 Å². The third-order valence-electron chi connectivity index (χ3n) is 3.86. The quantitative estimate of drug-likeness (QED) is 0.435. The van der Waals surface area contributed by atoms with E-state index in [4.69, 9.17) is 4.74 Å². The van der Waals surface area contributed by atoms with E-state index in [1.165, 1.54) is 6.07 Å². The average molecular weight is 365 g/mol. The van der Waals surface area contributed by atoms with Gasteiger partial charge < -0.3 is 20.3 Å². The fourth-order valence-electron chi connectivity index (χ4n) is 2.77. The molecule has 0 bridgehead atoms. The number of pyridine rings is 1. The van der Waals surface area contributed by atoms with Crippen LogP contribution in [0, 0.1) is 5.82 Å². The molecule has 0 saturated carbocycles. The zero-order valence-corrected chi connectivity index (χ0v) is 15.7. The number of nitrogens with zero attached hydrogens (tertiary/aromatic N) is 3. The molecule has 1 fully saturated rings. The molecule has 1 aromatic rings. The fraction of sp³-hybridized carbons (Fsp3) is 0.611. The summed E-state index contributed by atoms with van der Waals surface area (Å²) >= 11 is 0. The molecule has 1 aromatic heterocycles. The highest BCUT2D eigenvalue weighted by atomic mass is 19.1. The van der Waals surface area contributed by atoms with Crippen molar-refractivity contribution in [3.05, 3.63) is 24.1 Å². The van der Waals surface area contributed by atoms with E-state index >= 15 is 0 Å². The number of nitrogens with one attached hydrogen (secondary N) is 2. The lowest BCUT2D eigenvalue weighted by atomic mass is 10.3. The lowest BCUT2D eigenvalue weighted by Crippen LogP contribution is -2.44. The van der Waals surface area contributed by atoms with Crippen LogP contribution in [-0.2, 0) is 9.53 Å². The minimum Gasteiger partial charge on any atom is -0.463 e. The predicted molar refractivity (Wildman–Crippen MR) is 99.8 cm³/mol. The average Bonchev–Trinajstić information content (AvgIpc) is 3.03. The highest BCUT2D eigenvalue weighted by Crippen LogP contribution is 2.20.